The Bertz CT molecular complexity index is 515. The average molecular weight is 278 g/mol. The van der Waals surface area contributed by atoms with Gasteiger partial charge >= 0.3 is 0 Å². The van der Waals surface area contributed by atoms with Crippen molar-refractivity contribution in [2.75, 3.05) is 13.1 Å². The molecule has 19 heavy (non-hydrogen) atoms. The van der Waals surface area contributed by atoms with Crippen LogP contribution in [-0.2, 0) is 6.54 Å². The first-order valence-electron chi connectivity index (χ1n) is 6.31. The Hall–Kier alpha value is -1.46. The van der Waals surface area contributed by atoms with Crippen LogP contribution in [-0.4, -0.2) is 29.1 Å². The van der Waals surface area contributed by atoms with Gasteiger partial charge in [0, 0.05) is 30.7 Å². The molecular formula is C14H15FN2OS. The zero-order chi connectivity index (χ0) is 13.1. The summed E-state index contributed by atoms with van der Waals surface area (Å²) in [6.45, 7) is 2.88. The third-order valence-electron chi connectivity index (χ3n) is 3.21. The van der Waals surface area contributed by atoms with Gasteiger partial charge in [-0.05, 0) is 30.7 Å². The lowest BCUT2D eigenvalue weighted by Gasteiger charge is -2.16. The van der Waals surface area contributed by atoms with Crippen molar-refractivity contribution >= 4 is 11.3 Å². The van der Waals surface area contributed by atoms with Crippen molar-refractivity contribution in [2.45, 2.75) is 19.1 Å². The van der Waals surface area contributed by atoms with Crippen LogP contribution in [0.5, 0.6) is 5.75 Å². The predicted octanol–water partition coefficient (Wildman–Crippen LogP) is 2.94. The van der Waals surface area contributed by atoms with Gasteiger partial charge in [-0.1, -0.05) is 0 Å². The molecule has 0 radical (unpaired) electrons. The lowest BCUT2D eigenvalue weighted by molar-refractivity contribution is 0.198. The Labute approximate surface area is 115 Å². The summed E-state index contributed by atoms with van der Waals surface area (Å²) in [4.78, 5) is 7.73. The van der Waals surface area contributed by atoms with E-state index < -0.39 is 0 Å². The molecule has 1 aromatic carbocycles. The van der Waals surface area contributed by atoms with Gasteiger partial charge in [0.1, 0.15) is 17.7 Å². The highest BCUT2D eigenvalue weighted by Gasteiger charge is 2.24. The fourth-order valence-electron chi connectivity index (χ4n) is 2.28. The fraction of sp³-hybridized carbons (Fsp3) is 0.357. The molecule has 1 atom stereocenters. The minimum Gasteiger partial charge on any atom is -0.489 e. The first-order valence-corrected chi connectivity index (χ1v) is 7.19. The molecule has 3 rings (SSSR count). The fourth-order valence-corrected chi connectivity index (χ4v) is 2.92. The third-order valence-corrected chi connectivity index (χ3v) is 3.97. The molecule has 0 N–H and O–H groups in total. The maximum absolute atomic E-state index is 12.8. The van der Waals surface area contributed by atoms with Gasteiger partial charge in [-0.15, -0.1) is 11.3 Å². The Morgan fingerprint density at radius 2 is 2.21 bits per heavy atom. The van der Waals surface area contributed by atoms with Gasteiger partial charge in [0.2, 0.25) is 0 Å². The molecule has 2 aromatic rings. The highest BCUT2D eigenvalue weighted by atomic mass is 32.1. The van der Waals surface area contributed by atoms with Crippen molar-refractivity contribution in [1.29, 1.82) is 0 Å². The normalized spacial score (nSPS) is 19.7. The van der Waals surface area contributed by atoms with E-state index in [1.54, 1.807) is 23.5 Å². The van der Waals surface area contributed by atoms with Crippen molar-refractivity contribution in [3.8, 4) is 5.75 Å². The van der Waals surface area contributed by atoms with Crippen LogP contribution in [0.2, 0.25) is 0 Å². The lowest BCUT2D eigenvalue weighted by atomic mass is 10.3. The number of aromatic nitrogens is 1. The summed E-state index contributed by atoms with van der Waals surface area (Å²) in [5.41, 5.74) is 1.86. The van der Waals surface area contributed by atoms with Crippen molar-refractivity contribution in [2.24, 2.45) is 0 Å². The summed E-state index contributed by atoms with van der Waals surface area (Å²) >= 11 is 1.68. The maximum atomic E-state index is 12.8. The molecule has 1 saturated heterocycles. The molecule has 100 valence electrons. The lowest BCUT2D eigenvalue weighted by Crippen LogP contribution is -2.24. The second-order valence-electron chi connectivity index (χ2n) is 4.69. The summed E-state index contributed by atoms with van der Waals surface area (Å²) in [6.07, 6.45) is 3.12. The van der Waals surface area contributed by atoms with Crippen LogP contribution in [0.15, 0.2) is 36.0 Å². The molecule has 0 aliphatic carbocycles. The summed E-state index contributed by atoms with van der Waals surface area (Å²) < 4.78 is 18.7. The van der Waals surface area contributed by atoms with E-state index in [0.29, 0.717) is 0 Å². The number of benzene rings is 1. The third kappa shape index (κ3) is 3.30. The summed E-state index contributed by atoms with van der Waals surface area (Å²) in [5.74, 6) is 0.511. The van der Waals surface area contributed by atoms with Crippen molar-refractivity contribution in [1.82, 2.24) is 9.88 Å². The molecule has 0 bridgehead atoms. The maximum Gasteiger partial charge on any atom is 0.123 e. The second-order valence-corrected chi connectivity index (χ2v) is 5.66. The van der Waals surface area contributed by atoms with Crippen molar-refractivity contribution in [3.05, 3.63) is 46.7 Å². The van der Waals surface area contributed by atoms with Gasteiger partial charge in [0.05, 0.1) is 5.51 Å². The van der Waals surface area contributed by atoms with Crippen molar-refractivity contribution in [3.63, 3.8) is 0 Å². The van der Waals surface area contributed by atoms with Crippen LogP contribution >= 0.6 is 11.3 Å². The van der Waals surface area contributed by atoms with Crippen LogP contribution < -0.4 is 4.74 Å². The number of rotatable bonds is 4. The standard InChI is InChI=1S/C14H15FN2OS/c15-11-1-3-12(4-2-11)18-13-5-6-17(8-13)9-14-7-16-10-19-14/h1-4,7,10,13H,5-6,8-9H2/t13-/m0/s1. The van der Waals surface area contributed by atoms with E-state index >= 15 is 0 Å². The van der Waals surface area contributed by atoms with E-state index in [1.165, 1.54) is 17.0 Å². The molecule has 0 unspecified atom stereocenters. The second kappa shape index (κ2) is 5.67. The zero-order valence-electron chi connectivity index (χ0n) is 10.5. The monoisotopic (exact) mass is 278 g/mol. The first kappa shape index (κ1) is 12.6. The molecule has 1 aliphatic heterocycles. The van der Waals surface area contributed by atoms with E-state index in [-0.39, 0.29) is 11.9 Å². The predicted molar refractivity (Wildman–Crippen MR) is 72.8 cm³/mol. The Kier molecular flexibility index (Phi) is 3.75. The Morgan fingerprint density at radius 3 is 2.95 bits per heavy atom. The highest BCUT2D eigenvalue weighted by Crippen LogP contribution is 2.20. The van der Waals surface area contributed by atoms with Gasteiger partial charge in [-0.3, -0.25) is 9.88 Å². The van der Waals surface area contributed by atoms with Crippen LogP contribution in [0.3, 0.4) is 0 Å². The van der Waals surface area contributed by atoms with E-state index in [2.05, 4.69) is 9.88 Å². The van der Waals surface area contributed by atoms with Gasteiger partial charge in [0.15, 0.2) is 0 Å². The average Bonchev–Trinajstić information content (AvgIpc) is 3.05. The van der Waals surface area contributed by atoms with E-state index in [0.717, 1.165) is 31.8 Å². The number of thiazole rings is 1. The van der Waals surface area contributed by atoms with Crippen molar-refractivity contribution < 1.29 is 9.13 Å². The number of hydrogen-bond acceptors (Lipinski definition) is 4. The van der Waals surface area contributed by atoms with Gasteiger partial charge < -0.3 is 4.74 Å². The molecule has 1 aliphatic rings. The molecule has 0 spiro atoms. The van der Waals surface area contributed by atoms with Crippen LogP contribution in [0.25, 0.3) is 0 Å². The van der Waals surface area contributed by atoms with E-state index in [1.807, 2.05) is 11.7 Å². The summed E-state index contributed by atoms with van der Waals surface area (Å²) in [7, 11) is 0. The zero-order valence-corrected chi connectivity index (χ0v) is 11.3. The molecule has 0 saturated carbocycles. The smallest absolute Gasteiger partial charge is 0.123 e. The number of nitrogens with zero attached hydrogens (tertiary/aromatic N) is 2. The SMILES string of the molecule is Fc1ccc(O[C@H]2CCN(Cc3cncs3)C2)cc1. The van der Waals surface area contributed by atoms with Gasteiger partial charge in [0.25, 0.3) is 0 Å². The molecule has 0 amide bonds. The van der Waals surface area contributed by atoms with Crippen LogP contribution in [0, 0.1) is 5.82 Å². The molecule has 1 aromatic heterocycles. The molecular weight excluding hydrogens is 263 g/mol. The summed E-state index contributed by atoms with van der Waals surface area (Å²) in [6, 6.07) is 6.22. The Balaban J connectivity index is 1.53. The minimum absolute atomic E-state index is 0.193. The molecule has 1 fully saturated rings. The van der Waals surface area contributed by atoms with Gasteiger partial charge in [-0.25, -0.2) is 4.39 Å². The molecule has 3 nitrogen and oxygen atoms in total. The molecule has 2 heterocycles. The van der Waals surface area contributed by atoms with E-state index in [9.17, 15) is 4.39 Å². The van der Waals surface area contributed by atoms with E-state index in [4.69, 9.17) is 4.74 Å². The largest absolute Gasteiger partial charge is 0.489 e. The Morgan fingerprint density at radius 1 is 1.37 bits per heavy atom. The van der Waals surface area contributed by atoms with Crippen LogP contribution in [0.1, 0.15) is 11.3 Å². The quantitative estimate of drug-likeness (QED) is 0.860. The first-order chi connectivity index (χ1) is 9.29. The number of halogens is 1. The number of likely N-dealkylation sites (tertiary alicyclic amines) is 1. The molecule has 5 heteroatoms. The number of hydrogen-bond donors (Lipinski definition) is 0. The van der Waals surface area contributed by atoms with Crippen LogP contribution in [0.4, 0.5) is 4.39 Å². The van der Waals surface area contributed by atoms with Gasteiger partial charge in [-0.2, -0.15) is 0 Å². The minimum atomic E-state index is -0.231. The summed E-state index contributed by atoms with van der Waals surface area (Å²) in [5, 5.41) is 0. The topological polar surface area (TPSA) is 25.4 Å². The number of ether oxygens (including phenoxy) is 1. The highest BCUT2D eigenvalue weighted by molar-refractivity contribution is 7.09.